The summed E-state index contributed by atoms with van der Waals surface area (Å²) in [6, 6.07) is 20.4. The van der Waals surface area contributed by atoms with Crippen LogP contribution < -0.4 is 0 Å². The van der Waals surface area contributed by atoms with Crippen molar-refractivity contribution < 1.29 is 37.4 Å². The second-order valence-electron chi connectivity index (χ2n) is 7.78. The van der Waals surface area contributed by atoms with Gasteiger partial charge >= 0.3 is 11.9 Å². The number of benzene rings is 3. The van der Waals surface area contributed by atoms with Gasteiger partial charge in [0.1, 0.15) is 13.2 Å². The van der Waals surface area contributed by atoms with Crippen molar-refractivity contribution in [3.63, 3.8) is 0 Å². The van der Waals surface area contributed by atoms with Crippen molar-refractivity contribution in [3.05, 3.63) is 111 Å². The van der Waals surface area contributed by atoms with Crippen LogP contribution in [0.1, 0.15) is 27.0 Å². The molecule has 3 aromatic rings. The Bertz CT molecular complexity index is 1430. The van der Waals surface area contributed by atoms with Crippen LogP contribution in [0.15, 0.2) is 83.8 Å². The van der Waals surface area contributed by atoms with E-state index in [9.17, 15) is 28.1 Å². The summed E-state index contributed by atoms with van der Waals surface area (Å²) >= 11 is 0. The van der Waals surface area contributed by atoms with E-state index in [1.807, 2.05) is 0 Å². The molecule has 0 saturated carbocycles. The molecule has 0 N–H and O–H groups in total. The summed E-state index contributed by atoms with van der Waals surface area (Å²) in [7, 11) is -2.24. The minimum atomic E-state index is -3.46. The predicted molar refractivity (Wildman–Crippen MR) is 133 cm³/mol. The Balaban J connectivity index is 2.01. The molecule has 0 radical (unpaired) electrons. The van der Waals surface area contributed by atoms with Crippen molar-refractivity contribution in [2.75, 3.05) is 20.0 Å². The second kappa shape index (κ2) is 12.0. The van der Waals surface area contributed by atoms with Gasteiger partial charge in [-0.3, -0.25) is 0 Å². The SMILES string of the molecule is COC(=O)/C(=C(\COC(=O)c1cccc(CO[N+](=O)[O-])c1)c1ccc(S(C)(=O)=O)cc1)c1ccccc1. The molecule has 0 aliphatic carbocycles. The first-order valence-corrected chi connectivity index (χ1v) is 12.7. The summed E-state index contributed by atoms with van der Waals surface area (Å²) in [5.74, 6) is -1.42. The Morgan fingerprint density at radius 3 is 2.14 bits per heavy atom. The first-order chi connectivity index (χ1) is 17.6. The summed E-state index contributed by atoms with van der Waals surface area (Å²) in [6.07, 6.45) is 1.08. The van der Waals surface area contributed by atoms with Crippen LogP contribution in [0.3, 0.4) is 0 Å². The van der Waals surface area contributed by atoms with Crippen LogP contribution in [0.4, 0.5) is 0 Å². The van der Waals surface area contributed by atoms with Gasteiger partial charge in [0.25, 0.3) is 5.09 Å². The van der Waals surface area contributed by atoms with Crippen molar-refractivity contribution in [2.24, 2.45) is 0 Å². The molecule has 0 aromatic heterocycles. The van der Waals surface area contributed by atoms with Crippen LogP contribution in [0, 0.1) is 10.1 Å². The van der Waals surface area contributed by atoms with E-state index in [0.29, 0.717) is 22.3 Å². The van der Waals surface area contributed by atoms with Crippen LogP contribution in [0.5, 0.6) is 0 Å². The van der Waals surface area contributed by atoms with Crippen LogP contribution in [0.2, 0.25) is 0 Å². The van der Waals surface area contributed by atoms with E-state index in [2.05, 4.69) is 4.84 Å². The van der Waals surface area contributed by atoms with Crippen molar-refractivity contribution >= 4 is 32.9 Å². The monoisotopic (exact) mass is 525 g/mol. The standard InChI is InChI=1S/C26H23NO9S/c1-34-26(29)24(20-8-4-3-5-9-20)23(19-11-13-22(14-12-19)37(2,32)33)17-35-25(28)21-10-6-7-18(15-21)16-36-27(30)31/h3-15H,16-17H2,1-2H3/b24-23+. The van der Waals surface area contributed by atoms with E-state index in [1.54, 1.807) is 36.4 Å². The number of hydrogen-bond acceptors (Lipinski definition) is 9. The third-order valence-electron chi connectivity index (χ3n) is 5.23. The topological polar surface area (TPSA) is 139 Å². The zero-order valence-electron chi connectivity index (χ0n) is 19.9. The highest BCUT2D eigenvalue weighted by atomic mass is 32.2. The lowest BCUT2D eigenvalue weighted by Crippen LogP contribution is -2.13. The lowest BCUT2D eigenvalue weighted by atomic mass is 9.95. The molecule has 11 heteroatoms. The fourth-order valence-corrected chi connectivity index (χ4v) is 4.09. The Morgan fingerprint density at radius 1 is 0.892 bits per heavy atom. The second-order valence-corrected chi connectivity index (χ2v) is 9.80. The Hall–Kier alpha value is -4.51. The molecule has 3 rings (SSSR count). The third-order valence-corrected chi connectivity index (χ3v) is 6.36. The molecule has 0 amide bonds. The Labute approximate surface area is 213 Å². The van der Waals surface area contributed by atoms with Crippen molar-refractivity contribution in [1.82, 2.24) is 0 Å². The molecule has 0 saturated heterocycles. The van der Waals surface area contributed by atoms with Gasteiger partial charge in [0.05, 0.1) is 23.1 Å². The first-order valence-electron chi connectivity index (χ1n) is 10.8. The molecule has 192 valence electrons. The Morgan fingerprint density at radius 2 is 1.54 bits per heavy atom. The number of sulfone groups is 1. The number of carbonyl (C=O) groups is 2. The lowest BCUT2D eigenvalue weighted by molar-refractivity contribution is -0.763. The largest absolute Gasteiger partial charge is 0.465 e. The van der Waals surface area contributed by atoms with Crippen LogP contribution in [0.25, 0.3) is 11.1 Å². The molecular weight excluding hydrogens is 502 g/mol. The third kappa shape index (κ3) is 7.24. The zero-order valence-corrected chi connectivity index (χ0v) is 20.8. The first kappa shape index (κ1) is 27.1. The smallest absolute Gasteiger partial charge is 0.338 e. The molecule has 0 aliphatic rings. The van der Waals surface area contributed by atoms with Crippen molar-refractivity contribution in [1.29, 1.82) is 0 Å². The molecule has 10 nitrogen and oxygen atoms in total. The maximum atomic E-state index is 12.9. The highest BCUT2D eigenvalue weighted by Crippen LogP contribution is 2.29. The number of ether oxygens (including phenoxy) is 2. The van der Waals surface area contributed by atoms with Gasteiger partial charge in [0.15, 0.2) is 9.84 Å². The molecule has 0 bridgehead atoms. The van der Waals surface area contributed by atoms with Crippen LogP contribution in [-0.4, -0.2) is 45.4 Å². The zero-order chi connectivity index (χ0) is 27.0. The van der Waals surface area contributed by atoms with E-state index in [1.165, 1.54) is 49.6 Å². The van der Waals surface area contributed by atoms with Gasteiger partial charge in [-0.05, 0) is 41.0 Å². The van der Waals surface area contributed by atoms with E-state index in [4.69, 9.17) is 9.47 Å². The number of methoxy groups -OCH3 is 1. The molecule has 0 aliphatic heterocycles. The minimum Gasteiger partial charge on any atom is -0.465 e. The summed E-state index contributed by atoms with van der Waals surface area (Å²) in [6.45, 7) is -0.696. The molecule has 0 fully saturated rings. The molecule has 0 unspecified atom stereocenters. The van der Waals surface area contributed by atoms with Gasteiger partial charge in [-0.2, -0.15) is 0 Å². The van der Waals surface area contributed by atoms with E-state index in [0.717, 1.165) is 6.26 Å². The number of rotatable bonds is 10. The van der Waals surface area contributed by atoms with Crippen molar-refractivity contribution in [3.8, 4) is 0 Å². The highest BCUT2D eigenvalue weighted by molar-refractivity contribution is 7.90. The number of esters is 2. The van der Waals surface area contributed by atoms with Gasteiger partial charge in [0, 0.05) is 11.8 Å². The number of nitrogens with zero attached hydrogens (tertiary/aromatic N) is 1. The minimum absolute atomic E-state index is 0.0840. The van der Waals surface area contributed by atoms with E-state index in [-0.39, 0.29) is 29.2 Å². The summed E-state index contributed by atoms with van der Waals surface area (Å²) in [5, 5.41) is 9.52. The fourth-order valence-electron chi connectivity index (χ4n) is 3.46. The molecule has 37 heavy (non-hydrogen) atoms. The van der Waals surface area contributed by atoms with E-state index < -0.39 is 26.9 Å². The highest BCUT2D eigenvalue weighted by Gasteiger charge is 2.22. The molecule has 0 heterocycles. The fraction of sp³-hybridized carbons (Fsp3) is 0.154. The van der Waals surface area contributed by atoms with Gasteiger partial charge in [-0.1, -0.05) is 54.6 Å². The van der Waals surface area contributed by atoms with Crippen LogP contribution >= 0.6 is 0 Å². The average molecular weight is 526 g/mol. The maximum Gasteiger partial charge on any atom is 0.338 e. The van der Waals surface area contributed by atoms with Crippen molar-refractivity contribution in [2.45, 2.75) is 11.5 Å². The van der Waals surface area contributed by atoms with Gasteiger partial charge < -0.3 is 14.3 Å². The number of carbonyl (C=O) groups excluding carboxylic acids is 2. The quantitative estimate of drug-likeness (QED) is 0.127. The van der Waals surface area contributed by atoms with Gasteiger partial charge in [-0.15, -0.1) is 10.1 Å². The summed E-state index contributed by atoms with van der Waals surface area (Å²) in [4.78, 5) is 40.6. The van der Waals surface area contributed by atoms with Gasteiger partial charge in [0.2, 0.25) is 0 Å². The normalized spacial score (nSPS) is 11.7. The lowest BCUT2D eigenvalue weighted by Gasteiger charge is -2.16. The van der Waals surface area contributed by atoms with Gasteiger partial charge in [-0.25, -0.2) is 18.0 Å². The molecule has 0 atom stereocenters. The predicted octanol–water partition coefficient (Wildman–Crippen LogP) is 3.74. The molecular formula is C26H23NO9S. The summed E-state index contributed by atoms with van der Waals surface area (Å²) in [5.41, 5.74) is 1.88. The summed E-state index contributed by atoms with van der Waals surface area (Å²) < 4.78 is 34.3. The van der Waals surface area contributed by atoms with Crippen LogP contribution in [-0.2, 0) is 35.5 Å². The average Bonchev–Trinajstić information content (AvgIpc) is 2.89. The Kier molecular flexibility index (Phi) is 8.75. The van der Waals surface area contributed by atoms with E-state index >= 15 is 0 Å². The molecule has 0 spiro atoms. The molecule has 3 aromatic carbocycles. The number of hydrogen-bond donors (Lipinski definition) is 0. The maximum absolute atomic E-state index is 12.9.